The van der Waals surface area contributed by atoms with Crippen molar-refractivity contribution in [3.05, 3.63) is 17.3 Å². The van der Waals surface area contributed by atoms with Crippen LogP contribution >= 0.6 is 0 Å². The van der Waals surface area contributed by atoms with Crippen molar-refractivity contribution in [3.8, 4) is 0 Å². The van der Waals surface area contributed by atoms with E-state index in [1.807, 2.05) is 13.8 Å². The van der Waals surface area contributed by atoms with Gasteiger partial charge in [0.25, 0.3) is 0 Å². The minimum atomic E-state index is 0.641. The Morgan fingerprint density at radius 1 is 1.43 bits per heavy atom. The second-order valence-electron chi connectivity index (χ2n) is 3.98. The molecule has 0 spiro atoms. The Morgan fingerprint density at radius 2 is 2.14 bits per heavy atom. The lowest BCUT2D eigenvalue weighted by Crippen LogP contribution is -2.05. The minimum Gasteiger partial charge on any atom is -0.446 e. The largest absolute Gasteiger partial charge is 0.446 e. The summed E-state index contributed by atoms with van der Waals surface area (Å²) in [6.45, 7) is 6.88. The van der Waals surface area contributed by atoms with Gasteiger partial charge < -0.3 is 10.2 Å². The maximum atomic E-state index is 5.47. The smallest absolute Gasteiger partial charge is 0.191 e. The van der Waals surface area contributed by atoms with Crippen LogP contribution in [0.4, 0.5) is 0 Å². The highest BCUT2D eigenvalue weighted by molar-refractivity contribution is 5.08. The zero-order chi connectivity index (χ0) is 10.6. The second kappa shape index (κ2) is 5.15. The fourth-order valence-corrected chi connectivity index (χ4v) is 1.66. The second-order valence-corrected chi connectivity index (χ2v) is 3.98. The lowest BCUT2D eigenvalue weighted by molar-refractivity contribution is 0.482. The summed E-state index contributed by atoms with van der Waals surface area (Å²) in [6, 6.07) is 0. The number of oxazole rings is 1. The van der Waals surface area contributed by atoms with Crippen LogP contribution in [0.2, 0.25) is 0 Å². The SMILES string of the molecule is Cc1nc(CC(C)CCCN)c(C)o1. The van der Waals surface area contributed by atoms with E-state index in [2.05, 4.69) is 11.9 Å². The molecule has 0 radical (unpaired) electrons. The van der Waals surface area contributed by atoms with E-state index < -0.39 is 0 Å². The molecule has 0 saturated heterocycles. The summed E-state index contributed by atoms with van der Waals surface area (Å²) >= 11 is 0. The summed E-state index contributed by atoms with van der Waals surface area (Å²) in [5.74, 6) is 2.37. The third kappa shape index (κ3) is 3.14. The molecular formula is C11H20N2O. The van der Waals surface area contributed by atoms with E-state index in [1.165, 1.54) is 6.42 Å². The quantitative estimate of drug-likeness (QED) is 0.785. The van der Waals surface area contributed by atoms with Crippen LogP contribution in [0.3, 0.4) is 0 Å². The highest BCUT2D eigenvalue weighted by Crippen LogP contribution is 2.16. The number of rotatable bonds is 5. The number of nitrogens with zero attached hydrogens (tertiary/aromatic N) is 1. The van der Waals surface area contributed by atoms with Gasteiger partial charge in [-0.25, -0.2) is 4.98 Å². The van der Waals surface area contributed by atoms with Crippen molar-refractivity contribution >= 4 is 0 Å². The van der Waals surface area contributed by atoms with Crippen molar-refractivity contribution in [2.45, 2.75) is 40.0 Å². The summed E-state index contributed by atoms with van der Waals surface area (Å²) in [7, 11) is 0. The lowest BCUT2D eigenvalue weighted by atomic mass is 9.99. The van der Waals surface area contributed by atoms with E-state index in [0.717, 1.165) is 36.7 Å². The molecule has 0 aliphatic rings. The predicted molar refractivity (Wildman–Crippen MR) is 57.1 cm³/mol. The maximum Gasteiger partial charge on any atom is 0.191 e. The Kier molecular flexibility index (Phi) is 4.14. The van der Waals surface area contributed by atoms with Gasteiger partial charge in [-0.15, -0.1) is 0 Å². The molecule has 1 unspecified atom stereocenters. The molecule has 0 saturated carbocycles. The molecule has 1 atom stereocenters. The van der Waals surface area contributed by atoms with Gasteiger partial charge in [0, 0.05) is 6.92 Å². The Hall–Kier alpha value is -0.830. The Labute approximate surface area is 85.7 Å². The molecule has 80 valence electrons. The zero-order valence-electron chi connectivity index (χ0n) is 9.34. The van der Waals surface area contributed by atoms with Crippen molar-refractivity contribution in [2.24, 2.45) is 11.7 Å². The number of aryl methyl sites for hydroxylation is 2. The Balaban J connectivity index is 2.47. The normalized spacial score (nSPS) is 13.1. The molecule has 1 heterocycles. The van der Waals surface area contributed by atoms with Crippen molar-refractivity contribution in [2.75, 3.05) is 6.54 Å². The molecule has 0 aliphatic carbocycles. The first-order chi connectivity index (χ1) is 6.63. The fourth-order valence-electron chi connectivity index (χ4n) is 1.66. The van der Waals surface area contributed by atoms with E-state index in [1.54, 1.807) is 0 Å². The molecule has 1 rings (SSSR count). The molecule has 0 aromatic carbocycles. The van der Waals surface area contributed by atoms with E-state index in [0.29, 0.717) is 5.92 Å². The van der Waals surface area contributed by atoms with Crippen molar-refractivity contribution in [3.63, 3.8) is 0 Å². The number of aromatic nitrogens is 1. The van der Waals surface area contributed by atoms with Crippen LogP contribution in [0.15, 0.2) is 4.42 Å². The van der Waals surface area contributed by atoms with Gasteiger partial charge in [0.2, 0.25) is 0 Å². The van der Waals surface area contributed by atoms with Crippen LogP contribution in [0.25, 0.3) is 0 Å². The van der Waals surface area contributed by atoms with Gasteiger partial charge in [0.05, 0.1) is 5.69 Å². The molecule has 0 amide bonds. The van der Waals surface area contributed by atoms with Crippen LogP contribution in [0.5, 0.6) is 0 Å². The topological polar surface area (TPSA) is 52.0 Å². The Bertz CT molecular complexity index is 281. The third-order valence-electron chi connectivity index (χ3n) is 2.44. The average molecular weight is 196 g/mol. The van der Waals surface area contributed by atoms with Crippen molar-refractivity contribution in [1.82, 2.24) is 4.98 Å². The molecule has 0 bridgehead atoms. The molecule has 3 heteroatoms. The van der Waals surface area contributed by atoms with E-state index in [9.17, 15) is 0 Å². The number of nitrogens with two attached hydrogens (primary N) is 1. The highest BCUT2D eigenvalue weighted by Gasteiger charge is 2.10. The van der Waals surface area contributed by atoms with Crippen LogP contribution in [-0.2, 0) is 6.42 Å². The van der Waals surface area contributed by atoms with E-state index in [4.69, 9.17) is 10.2 Å². The molecule has 1 aromatic rings. The lowest BCUT2D eigenvalue weighted by Gasteiger charge is -2.08. The van der Waals surface area contributed by atoms with Crippen LogP contribution in [0.1, 0.15) is 37.1 Å². The van der Waals surface area contributed by atoms with E-state index in [-0.39, 0.29) is 0 Å². The molecule has 1 aromatic heterocycles. The molecule has 0 fully saturated rings. The van der Waals surface area contributed by atoms with Crippen molar-refractivity contribution in [1.29, 1.82) is 0 Å². The van der Waals surface area contributed by atoms with Gasteiger partial charge in [-0.3, -0.25) is 0 Å². The summed E-state index contributed by atoms with van der Waals surface area (Å²) in [4.78, 5) is 4.36. The molecule has 3 nitrogen and oxygen atoms in total. The Morgan fingerprint density at radius 3 is 2.64 bits per heavy atom. The van der Waals surface area contributed by atoms with Gasteiger partial charge in [0.1, 0.15) is 5.76 Å². The molecule has 0 aliphatic heterocycles. The fraction of sp³-hybridized carbons (Fsp3) is 0.727. The first-order valence-electron chi connectivity index (χ1n) is 5.26. The number of hydrogen-bond donors (Lipinski definition) is 1. The summed E-state index contributed by atoms with van der Waals surface area (Å²) in [6.07, 6.45) is 3.27. The zero-order valence-corrected chi connectivity index (χ0v) is 9.34. The first-order valence-corrected chi connectivity index (χ1v) is 5.26. The summed E-state index contributed by atoms with van der Waals surface area (Å²) in [5.41, 5.74) is 6.57. The molecule has 2 N–H and O–H groups in total. The standard InChI is InChI=1S/C11H20N2O/c1-8(5-4-6-12)7-11-9(2)14-10(3)13-11/h8H,4-7,12H2,1-3H3. The maximum absolute atomic E-state index is 5.47. The third-order valence-corrected chi connectivity index (χ3v) is 2.44. The van der Waals surface area contributed by atoms with Gasteiger partial charge in [-0.05, 0) is 38.6 Å². The minimum absolute atomic E-state index is 0.641. The van der Waals surface area contributed by atoms with Crippen LogP contribution in [0, 0.1) is 19.8 Å². The van der Waals surface area contributed by atoms with Crippen molar-refractivity contribution < 1.29 is 4.42 Å². The molecule has 14 heavy (non-hydrogen) atoms. The van der Waals surface area contributed by atoms with Gasteiger partial charge in [-0.1, -0.05) is 6.92 Å². The molecular weight excluding hydrogens is 176 g/mol. The van der Waals surface area contributed by atoms with Gasteiger partial charge in [0.15, 0.2) is 5.89 Å². The monoisotopic (exact) mass is 196 g/mol. The summed E-state index contributed by atoms with van der Waals surface area (Å²) < 4.78 is 5.38. The van der Waals surface area contributed by atoms with Gasteiger partial charge >= 0.3 is 0 Å². The predicted octanol–water partition coefficient (Wildman–Crippen LogP) is 2.21. The first kappa shape index (κ1) is 11.2. The van der Waals surface area contributed by atoms with Gasteiger partial charge in [-0.2, -0.15) is 0 Å². The van der Waals surface area contributed by atoms with Crippen LogP contribution in [-0.4, -0.2) is 11.5 Å². The average Bonchev–Trinajstić information content (AvgIpc) is 2.42. The summed E-state index contributed by atoms with van der Waals surface area (Å²) in [5, 5.41) is 0. The number of hydrogen-bond acceptors (Lipinski definition) is 3. The van der Waals surface area contributed by atoms with Crippen LogP contribution < -0.4 is 5.73 Å². The van der Waals surface area contributed by atoms with E-state index >= 15 is 0 Å². The highest BCUT2D eigenvalue weighted by atomic mass is 16.4.